The largest absolute Gasteiger partial charge is 0.394 e. The van der Waals surface area contributed by atoms with Crippen LogP contribution in [0.3, 0.4) is 0 Å². The molecule has 0 aromatic heterocycles. The van der Waals surface area contributed by atoms with E-state index < -0.39 is 0 Å². The molecule has 2 rings (SSSR count). The van der Waals surface area contributed by atoms with E-state index >= 15 is 0 Å². The zero-order valence-corrected chi connectivity index (χ0v) is 12.1. The molecule has 1 atom stereocenters. The number of carbonyl (C=O) groups is 1. The minimum absolute atomic E-state index is 0.0348. The van der Waals surface area contributed by atoms with Gasteiger partial charge < -0.3 is 10.0 Å². The van der Waals surface area contributed by atoms with Crippen LogP contribution in [-0.4, -0.2) is 35.1 Å². The quantitative estimate of drug-likeness (QED) is 0.932. The molecule has 0 saturated carbocycles. The van der Waals surface area contributed by atoms with E-state index in [2.05, 4.69) is 0 Å². The molecule has 1 unspecified atom stereocenters. The number of likely N-dealkylation sites (tertiary alicyclic amines) is 1. The Bertz CT molecular complexity index is 465. The number of hydrogen-bond donors (Lipinski definition) is 1. The minimum Gasteiger partial charge on any atom is -0.394 e. The van der Waals surface area contributed by atoms with Gasteiger partial charge in [-0.05, 0) is 37.0 Å². The van der Waals surface area contributed by atoms with Crippen LogP contribution in [0.5, 0.6) is 0 Å². The molecule has 1 saturated heterocycles. The average Bonchev–Trinajstić information content (AvgIpc) is 2.43. The van der Waals surface area contributed by atoms with Gasteiger partial charge in [0.25, 0.3) is 0 Å². The molecule has 3 nitrogen and oxygen atoms in total. The van der Waals surface area contributed by atoms with E-state index in [4.69, 9.17) is 23.2 Å². The van der Waals surface area contributed by atoms with Gasteiger partial charge in [0.2, 0.25) is 5.91 Å². The van der Waals surface area contributed by atoms with Gasteiger partial charge in [0.15, 0.2) is 0 Å². The summed E-state index contributed by atoms with van der Waals surface area (Å²) in [5.41, 5.74) is 0.849. The van der Waals surface area contributed by atoms with E-state index in [-0.39, 0.29) is 18.6 Å². The Balaban J connectivity index is 2.05. The van der Waals surface area contributed by atoms with Crippen molar-refractivity contribution in [2.75, 3.05) is 13.2 Å². The fourth-order valence-corrected chi connectivity index (χ4v) is 2.77. The topological polar surface area (TPSA) is 40.5 Å². The van der Waals surface area contributed by atoms with Crippen LogP contribution in [0.25, 0.3) is 0 Å². The molecule has 1 N–H and O–H groups in total. The molecular weight excluding hydrogens is 285 g/mol. The first kappa shape index (κ1) is 14.6. The van der Waals surface area contributed by atoms with Crippen LogP contribution in [-0.2, 0) is 11.2 Å². The number of aliphatic hydroxyl groups excluding tert-OH is 1. The summed E-state index contributed by atoms with van der Waals surface area (Å²) in [6, 6.07) is 5.19. The SMILES string of the molecule is O=C(Cc1ccc(Cl)c(Cl)c1)N1CCCCC1CO. The van der Waals surface area contributed by atoms with Crippen LogP contribution in [0, 0.1) is 0 Å². The standard InChI is InChI=1S/C14H17Cl2NO2/c15-12-5-4-10(7-13(12)16)8-14(19)17-6-2-1-3-11(17)9-18/h4-5,7,11,18H,1-3,6,8-9H2. The minimum atomic E-state index is -0.0379. The number of rotatable bonds is 3. The molecule has 0 spiro atoms. The lowest BCUT2D eigenvalue weighted by Crippen LogP contribution is -2.46. The summed E-state index contributed by atoms with van der Waals surface area (Å²) in [6.45, 7) is 0.762. The van der Waals surface area contributed by atoms with Gasteiger partial charge in [-0.2, -0.15) is 0 Å². The maximum Gasteiger partial charge on any atom is 0.227 e. The zero-order valence-electron chi connectivity index (χ0n) is 10.6. The molecule has 1 aromatic rings. The summed E-state index contributed by atoms with van der Waals surface area (Å²) >= 11 is 11.8. The fraction of sp³-hybridized carbons (Fsp3) is 0.500. The van der Waals surface area contributed by atoms with Crippen molar-refractivity contribution in [3.63, 3.8) is 0 Å². The molecule has 0 aliphatic carbocycles. The molecule has 1 amide bonds. The Morgan fingerprint density at radius 2 is 2.11 bits per heavy atom. The molecular formula is C14H17Cl2NO2. The Kier molecular flexibility index (Phi) is 5.08. The maximum atomic E-state index is 12.3. The molecule has 5 heteroatoms. The van der Waals surface area contributed by atoms with Crippen molar-refractivity contribution in [1.29, 1.82) is 0 Å². The number of piperidine rings is 1. The summed E-state index contributed by atoms with van der Waals surface area (Å²) in [7, 11) is 0. The summed E-state index contributed by atoms with van der Waals surface area (Å²) < 4.78 is 0. The Labute approximate surface area is 123 Å². The first-order valence-corrected chi connectivity index (χ1v) is 7.21. The molecule has 0 bridgehead atoms. The number of carbonyl (C=O) groups excluding carboxylic acids is 1. The predicted molar refractivity (Wildman–Crippen MR) is 76.6 cm³/mol. The van der Waals surface area contributed by atoms with Crippen LogP contribution in [0.1, 0.15) is 24.8 Å². The van der Waals surface area contributed by atoms with Crippen LogP contribution in [0.4, 0.5) is 0 Å². The number of amides is 1. The third-order valence-electron chi connectivity index (χ3n) is 3.50. The van der Waals surface area contributed by atoms with E-state index in [1.54, 1.807) is 17.0 Å². The number of nitrogens with zero attached hydrogens (tertiary/aromatic N) is 1. The molecule has 0 radical (unpaired) electrons. The van der Waals surface area contributed by atoms with Gasteiger partial charge in [-0.1, -0.05) is 29.3 Å². The lowest BCUT2D eigenvalue weighted by atomic mass is 10.0. The van der Waals surface area contributed by atoms with E-state index in [9.17, 15) is 9.90 Å². The summed E-state index contributed by atoms with van der Waals surface area (Å²) in [5, 5.41) is 10.3. The van der Waals surface area contributed by atoms with Gasteiger partial charge in [0, 0.05) is 6.54 Å². The monoisotopic (exact) mass is 301 g/mol. The molecule has 19 heavy (non-hydrogen) atoms. The Morgan fingerprint density at radius 3 is 2.79 bits per heavy atom. The Morgan fingerprint density at radius 1 is 1.32 bits per heavy atom. The van der Waals surface area contributed by atoms with Crippen molar-refractivity contribution >= 4 is 29.1 Å². The lowest BCUT2D eigenvalue weighted by molar-refractivity contribution is -0.135. The highest BCUT2D eigenvalue weighted by molar-refractivity contribution is 6.42. The predicted octanol–water partition coefficient (Wildman–Crippen LogP) is 2.91. The van der Waals surface area contributed by atoms with Crippen molar-refractivity contribution in [2.45, 2.75) is 31.7 Å². The summed E-state index contributed by atoms with van der Waals surface area (Å²) in [6.07, 6.45) is 3.25. The second-order valence-corrected chi connectivity index (χ2v) is 5.66. The normalized spacial score (nSPS) is 19.5. The zero-order chi connectivity index (χ0) is 13.8. The number of aliphatic hydroxyl groups is 1. The average molecular weight is 302 g/mol. The second kappa shape index (κ2) is 6.60. The second-order valence-electron chi connectivity index (χ2n) is 4.84. The number of halogens is 2. The van der Waals surface area contributed by atoms with Crippen molar-refractivity contribution in [3.05, 3.63) is 33.8 Å². The van der Waals surface area contributed by atoms with Crippen molar-refractivity contribution in [3.8, 4) is 0 Å². The highest BCUT2D eigenvalue weighted by atomic mass is 35.5. The molecule has 104 valence electrons. The Hall–Kier alpha value is -0.770. The smallest absolute Gasteiger partial charge is 0.227 e. The molecule has 1 aromatic carbocycles. The van der Waals surface area contributed by atoms with Crippen molar-refractivity contribution in [1.82, 2.24) is 4.90 Å². The molecule has 1 heterocycles. The fourth-order valence-electron chi connectivity index (χ4n) is 2.44. The van der Waals surface area contributed by atoms with Gasteiger partial charge in [0.05, 0.1) is 29.1 Å². The molecule has 1 fully saturated rings. The first-order chi connectivity index (χ1) is 9.11. The van der Waals surface area contributed by atoms with Crippen molar-refractivity contribution < 1.29 is 9.90 Å². The lowest BCUT2D eigenvalue weighted by Gasteiger charge is -2.34. The highest BCUT2D eigenvalue weighted by Crippen LogP contribution is 2.24. The van der Waals surface area contributed by atoms with E-state index in [1.807, 2.05) is 6.07 Å². The van der Waals surface area contributed by atoms with Gasteiger partial charge in [0.1, 0.15) is 0 Å². The van der Waals surface area contributed by atoms with Gasteiger partial charge >= 0.3 is 0 Å². The van der Waals surface area contributed by atoms with E-state index in [1.165, 1.54) is 0 Å². The maximum absolute atomic E-state index is 12.3. The third-order valence-corrected chi connectivity index (χ3v) is 4.24. The van der Waals surface area contributed by atoms with Crippen LogP contribution in [0.2, 0.25) is 10.0 Å². The van der Waals surface area contributed by atoms with E-state index in [0.29, 0.717) is 16.5 Å². The van der Waals surface area contributed by atoms with Gasteiger partial charge in [-0.3, -0.25) is 4.79 Å². The molecule has 1 aliphatic rings. The third kappa shape index (κ3) is 3.62. The van der Waals surface area contributed by atoms with Gasteiger partial charge in [-0.15, -0.1) is 0 Å². The van der Waals surface area contributed by atoms with E-state index in [0.717, 1.165) is 31.4 Å². The number of benzene rings is 1. The molecule has 1 aliphatic heterocycles. The first-order valence-electron chi connectivity index (χ1n) is 6.46. The number of hydrogen-bond acceptors (Lipinski definition) is 2. The van der Waals surface area contributed by atoms with Crippen LogP contribution in [0.15, 0.2) is 18.2 Å². The summed E-state index contributed by atoms with van der Waals surface area (Å²) in [5.74, 6) is 0.0390. The van der Waals surface area contributed by atoms with Crippen LogP contribution >= 0.6 is 23.2 Å². The highest BCUT2D eigenvalue weighted by Gasteiger charge is 2.25. The van der Waals surface area contributed by atoms with Gasteiger partial charge in [-0.25, -0.2) is 0 Å². The summed E-state index contributed by atoms with van der Waals surface area (Å²) in [4.78, 5) is 14.1. The van der Waals surface area contributed by atoms with Crippen molar-refractivity contribution in [2.24, 2.45) is 0 Å². The van der Waals surface area contributed by atoms with Crippen LogP contribution < -0.4 is 0 Å².